The van der Waals surface area contributed by atoms with Crippen molar-refractivity contribution in [3.05, 3.63) is 45.9 Å². The second kappa shape index (κ2) is 7.11. The van der Waals surface area contributed by atoms with E-state index in [0.29, 0.717) is 23.8 Å². The third-order valence-corrected chi connectivity index (χ3v) is 3.84. The molecule has 0 aliphatic heterocycles. The summed E-state index contributed by atoms with van der Waals surface area (Å²) in [5.74, 6) is 1.48. The van der Waals surface area contributed by atoms with Crippen LogP contribution in [-0.2, 0) is 6.42 Å². The van der Waals surface area contributed by atoms with Gasteiger partial charge in [0.05, 0.1) is 5.69 Å². The van der Waals surface area contributed by atoms with Gasteiger partial charge in [-0.25, -0.2) is 4.98 Å². The lowest BCUT2D eigenvalue weighted by molar-refractivity contribution is 0.463. The molecule has 2 aromatic rings. The summed E-state index contributed by atoms with van der Waals surface area (Å²) < 4.78 is 5.80. The normalized spacial score (nSPS) is 10.9. The second-order valence-corrected chi connectivity index (χ2v) is 5.27. The van der Waals surface area contributed by atoms with Gasteiger partial charge < -0.3 is 10.5 Å². The molecule has 0 radical (unpaired) electrons. The van der Waals surface area contributed by atoms with Crippen LogP contribution in [0.4, 0.5) is 5.95 Å². The Hall–Kier alpha value is -2.30. The van der Waals surface area contributed by atoms with Crippen molar-refractivity contribution in [2.75, 3.05) is 5.73 Å². The molecule has 1 aromatic heterocycles. The monoisotopic (exact) mass is 301 g/mol. The van der Waals surface area contributed by atoms with Gasteiger partial charge in [-0.05, 0) is 42.9 Å². The highest BCUT2D eigenvalue weighted by molar-refractivity contribution is 5.37. The Kier molecular flexibility index (Phi) is 5.20. The summed E-state index contributed by atoms with van der Waals surface area (Å²) >= 11 is 0. The summed E-state index contributed by atoms with van der Waals surface area (Å²) in [7, 11) is 0. The van der Waals surface area contributed by atoms with Crippen molar-refractivity contribution in [1.29, 1.82) is 0 Å². The van der Waals surface area contributed by atoms with Crippen LogP contribution in [0.2, 0.25) is 0 Å². The van der Waals surface area contributed by atoms with Crippen LogP contribution in [0.3, 0.4) is 0 Å². The van der Waals surface area contributed by atoms with Crippen LogP contribution in [0, 0.1) is 0 Å². The second-order valence-electron chi connectivity index (χ2n) is 5.27. The van der Waals surface area contributed by atoms with Gasteiger partial charge in [0.25, 0.3) is 5.56 Å². The van der Waals surface area contributed by atoms with Crippen molar-refractivity contribution in [3.8, 4) is 11.5 Å². The van der Waals surface area contributed by atoms with Crippen LogP contribution in [0.5, 0.6) is 11.5 Å². The first kappa shape index (κ1) is 16.1. The number of nitrogens with two attached hydrogens (primary N) is 1. The standard InChI is InChI=1S/C17H23N3O2/c1-4-11(5-2)12-8-7-9-13(10-12)22-15-14(6-3)19-17(18)20-16(15)21/h7-11H,4-6H2,1-3H3,(H3,18,19,20,21). The number of nitrogens with one attached hydrogen (secondary N) is 1. The maximum absolute atomic E-state index is 12.1. The number of aromatic nitrogens is 2. The van der Waals surface area contributed by atoms with E-state index in [9.17, 15) is 4.79 Å². The molecule has 22 heavy (non-hydrogen) atoms. The number of benzene rings is 1. The number of hydrogen-bond acceptors (Lipinski definition) is 4. The van der Waals surface area contributed by atoms with Gasteiger partial charge in [0.1, 0.15) is 5.75 Å². The van der Waals surface area contributed by atoms with Gasteiger partial charge in [0.2, 0.25) is 11.7 Å². The molecule has 0 unspecified atom stereocenters. The largest absolute Gasteiger partial charge is 0.450 e. The van der Waals surface area contributed by atoms with Crippen LogP contribution in [0.25, 0.3) is 0 Å². The Morgan fingerprint density at radius 2 is 2.00 bits per heavy atom. The molecule has 118 valence electrons. The van der Waals surface area contributed by atoms with E-state index >= 15 is 0 Å². The van der Waals surface area contributed by atoms with Crippen molar-refractivity contribution in [2.24, 2.45) is 0 Å². The summed E-state index contributed by atoms with van der Waals surface area (Å²) in [4.78, 5) is 18.7. The Balaban J connectivity index is 2.36. The molecule has 0 saturated carbocycles. The van der Waals surface area contributed by atoms with E-state index in [2.05, 4.69) is 29.9 Å². The Labute approximate surface area is 130 Å². The molecule has 0 aliphatic carbocycles. The van der Waals surface area contributed by atoms with Gasteiger partial charge >= 0.3 is 0 Å². The molecule has 0 spiro atoms. The van der Waals surface area contributed by atoms with Crippen LogP contribution in [0.1, 0.15) is 50.8 Å². The quantitative estimate of drug-likeness (QED) is 0.854. The summed E-state index contributed by atoms with van der Waals surface area (Å²) in [6.45, 7) is 6.26. The van der Waals surface area contributed by atoms with Crippen LogP contribution in [0.15, 0.2) is 29.1 Å². The predicted octanol–water partition coefficient (Wildman–Crippen LogP) is 3.61. The van der Waals surface area contributed by atoms with E-state index in [1.54, 1.807) is 0 Å². The molecule has 5 nitrogen and oxygen atoms in total. The van der Waals surface area contributed by atoms with Crippen molar-refractivity contribution in [3.63, 3.8) is 0 Å². The van der Waals surface area contributed by atoms with Crippen LogP contribution < -0.4 is 16.0 Å². The molecule has 0 aliphatic rings. The zero-order chi connectivity index (χ0) is 16.1. The molecule has 3 N–H and O–H groups in total. The fraction of sp³-hybridized carbons (Fsp3) is 0.412. The molecule has 2 rings (SSSR count). The maximum Gasteiger partial charge on any atom is 0.295 e. The zero-order valence-corrected chi connectivity index (χ0v) is 13.3. The van der Waals surface area contributed by atoms with E-state index in [0.717, 1.165) is 12.8 Å². The molecule has 0 atom stereocenters. The maximum atomic E-state index is 12.1. The van der Waals surface area contributed by atoms with E-state index in [1.165, 1.54) is 5.56 Å². The van der Waals surface area contributed by atoms with Crippen molar-refractivity contribution < 1.29 is 4.74 Å². The number of nitrogen functional groups attached to an aromatic ring is 1. The van der Waals surface area contributed by atoms with E-state index in [4.69, 9.17) is 10.5 Å². The fourth-order valence-electron chi connectivity index (χ4n) is 2.58. The average Bonchev–Trinajstić information content (AvgIpc) is 2.51. The molecule has 0 bridgehead atoms. The van der Waals surface area contributed by atoms with E-state index in [-0.39, 0.29) is 17.3 Å². The molecular formula is C17H23N3O2. The topological polar surface area (TPSA) is 81.0 Å². The van der Waals surface area contributed by atoms with Crippen molar-refractivity contribution >= 4 is 5.95 Å². The molecule has 0 amide bonds. The Morgan fingerprint density at radius 1 is 1.27 bits per heavy atom. The Morgan fingerprint density at radius 3 is 2.64 bits per heavy atom. The van der Waals surface area contributed by atoms with Crippen LogP contribution in [-0.4, -0.2) is 9.97 Å². The first-order valence-corrected chi connectivity index (χ1v) is 7.75. The third kappa shape index (κ3) is 3.47. The number of rotatable bonds is 6. The minimum absolute atomic E-state index is 0.111. The van der Waals surface area contributed by atoms with E-state index < -0.39 is 0 Å². The van der Waals surface area contributed by atoms with Gasteiger partial charge in [-0.2, -0.15) is 0 Å². The van der Waals surface area contributed by atoms with Gasteiger partial charge in [-0.1, -0.05) is 32.9 Å². The summed E-state index contributed by atoms with van der Waals surface area (Å²) in [6, 6.07) is 7.89. The van der Waals surface area contributed by atoms with Crippen LogP contribution >= 0.6 is 0 Å². The number of H-pyrrole nitrogens is 1. The lowest BCUT2D eigenvalue weighted by Crippen LogP contribution is -2.16. The molecule has 0 saturated heterocycles. The first-order chi connectivity index (χ1) is 10.6. The summed E-state index contributed by atoms with van der Waals surface area (Å²) in [6.07, 6.45) is 2.73. The highest BCUT2D eigenvalue weighted by Gasteiger charge is 2.13. The van der Waals surface area contributed by atoms with Crippen molar-refractivity contribution in [1.82, 2.24) is 9.97 Å². The minimum Gasteiger partial charge on any atom is -0.450 e. The number of aryl methyl sites for hydroxylation is 1. The number of anilines is 1. The van der Waals surface area contributed by atoms with Gasteiger partial charge in [-0.3, -0.25) is 9.78 Å². The number of aromatic amines is 1. The first-order valence-electron chi connectivity index (χ1n) is 7.75. The van der Waals surface area contributed by atoms with Crippen molar-refractivity contribution in [2.45, 2.75) is 46.0 Å². The number of hydrogen-bond donors (Lipinski definition) is 2. The SMILES string of the molecule is CCc1nc(N)[nH]c(=O)c1Oc1cccc(C(CC)CC)c1. The lowest BCUT2D eigenvalue weighted by Gasteiger charge is -2.15. The predicted molar refractivity (Wildman–Crippen MR) is 88.5 cm³/mol. The molecular weight excluding hydrogens is 278 g/mol. The molecule has 1 aromatic carbocycles. The fourth-order valence-corrected chi connectivity index (χ4v) is 2.58. The number of nitrogens with zero attached hydrogens (tertiary/aromatic N) is 1. The number of ether oxygens (including phenoxy) is 1. The minimum atomic E-state index is -0.350. The third-order valence-electron chi connectivity index (χ3n) is 3.84. The van der Waals surface area contributed by atoms with E-state index in [1.807, 2.05) is 25.1 Å². The zero-order valence-electron chi connectivity index (χ0n) is 13.3. The highest BCUT2D eigenvalue weighted by atomic mass is 16.5. The smallest absolute Gasteiger partial charge is 0.295 e. The van der Waals surface area contributed by atoms with Gasteiger partial charge in [0, 0.05) is 0 Å². The molecule has 5 heteroatoms. The highest BCUT2D eigenvalue weighted by Crippen LogP contribution is 2.28. The average molecular weight is 301 g/mol. The Bertz CT molecular complexity index is 691. The van der Waals surface area contributed by atoms with Gasteiger partial charge in [0.15, 0.2) is 0 Å². The molecule has 1 heterocycles. The van der Waals surface area contributed by atoms with Gasteiger partial charge in [-0.15, -0.1) is 0 Å². The summed E-state index contributed by atoms with van der Waals surface area (Å²) in [5.41, 5.74) is 7.01. The summed E-state index contributed by atoms with van der Waals surface area (Å²) in [5, 5.41) is 0. The molecule has 0 fully saturated rings. The lowest BCUT2D eigenvalue weighted by atomic mass is 9.94.